The maximum atomic E-state index is 13.7. The second kappa shape index (κ2) is 6.73. The molecular weight excluding hydrogens is 455 g/mol. The highest BCUT2D eigenvalue weighted by atomic mass is 35.5. The minimum absolute atomic E-state index is 0.151. The van der Waals surface area contributed by atoms with E-state index >= 15 is 0 Å². The van der Waals surface area contributed by atoms with Gasteiger partial charge in [-0.25, -0.2) is 0 Å². The summed E-state index contributed by atoms with van der Waals surface area (Å²) in [6.07, 6.45) is 1.20. The molecule has 3 aliphatic rings. The Morgan fingerprint density at radius 1 is 1.12 bits per heavy atom. The molecule has 1 atom stereocenters. The molecule has 32 heavy (non-hydrogen) atoms. The van der Waals surface area contributed by atoms with E-state index in [1.165, 1.54) is 19.2 Å². The first kappa shape index (κ1) is 20.8. The van der Waals surface area contributed by atoms with Crippen LogP contribution in [0.4, 0.5) is 11.4 Å². The number of anilines is 2. The number of carbonyl (C=O) groups is 3. The average molecular weight is 473 g/mol. The molecule has 164 valence electrons. The molecule has 1 fully saturated rings. The summed E-state index contributed by atoms with van der Waals surface area (Å²) in [6, 6.07) is 9.26. The third-order valence-electron chi connectivity index (χ3n) is 6.44. The molecule has 9 heteroatoms. The summed E-state index contributed by atoms with van der Waals surface area (Å²) in [4.78, 5) is 41.9. The first-order valence-corrected chi connectivity index (χ1v) is 10.7. The molecule has 1 saturated carbocycles. The van der Waals surface area contributed by atoms with Crippen LogP contribution < -0.4 is 15.0 Å². The van der Waals surface area contributed by atoms with Crippen molar-refractivity contribution < 1.29 is 24.2 Å². The maximum absolute atomic E-state index is 13.7. The van der Waals surface area contributed by atoms with Crippen molar-refractivity contribution >= 4 is 52.2 Å². The highest BCUT2D eigenvalue weighted by molar-refractivity contribution is 6.33. The van der Waals surface area contributed by atoms with Gasteiger partial charge in [0.2, 0.25) is 0 Å². The SMILES string of the molecule is COc1ccc(Cl)cc1N1C(=O)C(O)=C(C(=O)C2(C)CC2)C12C(=O)Nc1cc(Cl)ccc12. The molecule has 1 aliphatic carbocycles. The number of aliphatic hydroxyl groups is 1. The Kier molecular flexibility index (Phi) is 4.39. The highest BCUT2D eigenvalue weighted by Gasteiger charge is 2.67. The van der Waals surface area contributed by atoms with Crippen LogP contribution in [-0.4, -0.2) is 29.8 Å². The van der Waals surface area contributed by atoms with Crippen LogP contribution in [0.25, 0.3) is 0 Å². The van der Waals surface area contributed by atoms with Crippen LogP contribution in [0, 0.1) is 5.41 Å². The summed E-state index contributed by atoms with van der Waals surface area (Å²) in [5.74, 6) is -2.50. The first-order valence-electron chi connectivity index (χ1n) is 9.93. The fourth-order valence-corrected chi connectivity index (χ4v) is 4.84. The average Bonchev–Trinajstić information content (AvgIpc) is 3.38. The van der Waals surface area contributed by atoms with Gasteiger partial charge in [-0.05, 0) is 43.2 Å². The molecule has 0 saturated heterocycles. The lowest BCUT2D eigenvalue weighted by Crippen LogP contribution is -2.53. The Bertz CT molecular complexity index is 1270. The van der Waals surface area contributed by atoms with Gasteiger partial charge < -0.3 is 15.2 Å². The van der Waals surface area contributed by atoms with Crippen LogP contribution in [0.3, 0.4) is 0 Å². The predicted octanol–water partition coefficient (Wildman–Crippen LogP) is 4.38. The van der Waals surface area contributed by atoms with Gasteiger partial charge in [0.25, 0.3) is 11.8 Å². The van der Waals surface area contributed by atoms with Gasteiger partial charge >= 0.3 is 0 Å². The number of benzene rings is 2. The lowest BCUT2D eigenvalue weighted by Gasteiger charge is -2.36. The number of amides is 2. The van der Waals surface area contributed by atoms with Crippen LogP contribution >= 0.6 is 23.2 Å². The summed E-state index contributed by atoms with van der Waals surface area (Å²) in [6.45, 7) is 1.76. The Morgan fingerprint density at radius 3 is 2.44 bits per heavy atom. The number of hydrogen-bond donors (Lipinski definition) is 2. The number of halogens is 2. The van der Waals surface area contributed by atoms with Gasteiger partial charge in [-0.3, -0.25) is 19.3 Å². The predicted molar refractivity (Wildman–Crippen MR) is 119 cm³/mol. The zero-order chi connectivity index (χ0) is 23.0. The van der Waals surface area contributed by atoms with E-state index in [2.05, 4.69) is 5.32 Å². The van der Waals surface area contributed by atoms with Gasteiger partial charge in [-0.2, -0.15) is 0 Å². The fraction of sp³-hybridized carbons (Fsp3) is 0.261. The summed E-state index contributed by atoms with van der Waals surface area (Å²) >= 11 is 12.3. The number of carbonyl (C=O) groups excluding carboxylic acids is 3. The van der Waals surface area contributed by atoms with E-state index in [0.717, 1.165) is 4.90 Å². The van der Waals surface area contributed by atoms with Gasteiger partial charge in [0, 0.05) is 26.7 Å². The molecule has 1 spiro atoms. The quantitative estimate of drug-likeness (QED) is 0.688. The zero-order valence-electron chi connectivity index (χ0n) is 17.2. The number of aliphatic hydroxyl groups excluding tert-OH is 1. The van der Waals surface area contributed by atoms with Crippen molar-refractivity contribution in [3.05, 3.63) is 63.3 Å². The van der Waals surface area contributed by atoms with E-state index in [9.17, 15) is 19.5 Å². The largest absolute Gasteiger partial charge is 0.503 e. The van der Waals surface area contributed by atoms with E-state index in [1.807, 2.05) is 0 Å². The third-order valence-corrected chi connectivity index (χ3v) is 6.92. The summed E-state index contributed by atoms with van der Waals surface area (Å²) in [5, 5.41) is 14.4. The van der Waals surface area contributed by atoms with Crippen molar-refractivity contribution in [2.45, 2.75) is 25.3 Å². The normalized spacial score (nSPS) is 22.9. The number of nitrogens with one attached hydrogen (secondary N) is 1. The molecule has 2 aromatic rings. The van der Waals surface area contributed by atoms with Crippen LogP contribution in [0.5, 0.6) is 5.75 Å². The lowest BCUT2D eigenvalue weighted by atomic mass is 9.78. The minimum Gasteiger partial charge on any atom is -0.503 e. The smallest absolute Gasteiger partial charge is 0.295 e. The van der Waals surface area contributed by atoms with Crippen molar-refractivity contribution in [3.8, 4) is 5.75 Å². The van der Waals surface area contributed by atoms with E-state index in [1.54, 1.807) is 31.2 Å². The topological polar surface area (TPSA) is 95.9 Å². The van der Waals surface area contributed by atoms with Crippen molar-refractivity contribution in [3.63, 3.8) is 0 Å². The van der Waals surface area contributed by atoms with Crippen LogP contribution in [-0.2, 0) is 19.9 Å². The molecule has 2 aromatic carbocycles. The van der Waals surface area contributed by atoms with Gasteiger partial charge in [0.05, 0.1) is 18.4 Å². The third kappa shape index (κ3) is 2.58. The summed E-state index contributed by atoms with van der Waals surface area (Å²) < 4.78 is 5.43. The Morgan fingerprint density at radius 2 is 1.78 bits per heavy atom. The van der Waals surface area contributed by atoms with Crippen molar-refractivity contribution in [1.82, 2.24) is 0 Å². The number of ketones is 1. The fourth-order valence-electron chi connectivity index (χ4n) is 4.51. The number of hydrogen-bond acceptors (Lipinski definition) is 5. The van der Waals surface area contributed by atoms with Gasteiger partial charge in [-0.1, -0.05) is 36.2 Å². The number of fused-ring (bicyclic) bond motifs is 2. The van der Waals surface area contributed by atoms with Gasteiger partial charge in [-0.15, -0.1) is 0 Å². The highest BCUT2D eigenvalue weighted by Crippen LogP contribution is 2.58. The van der Waals surface area contributed by atoms with Crippen molar-refractivity contribution in [1.29, 1.82) is 0 Å². The lowest BCUT2D eigenvalue weighted by molar-refractivity contribution is -0.125. The molecule has 2 heterocycles. The van der Waals surface area contributed by atoms with Crippen molar-refractivity contribution in [2.75, 3.05) is 17.3 Å². The van der Waals surface area contributed by atoms with Crippen LogP contribution in [0.15, 0.2) is 47.7 Å². The van der Waals surface area contributed by atoms with E-state index in [-0.39, 0.29) is 22.0 Å². The second-order valence-electron chi connectivity index (χ2n) is 8.42. The number of ether oxygens (including phenoxy) is 1. The first-order chi connectivity index (χ1) is 15.1. The summed E-state index contributed by atoms with van der Waals surface area (Å²) in [5.41, 5.74) is -2.09. The summed E-state index contributed by atoms with van der Waals surface area (Å²) in [7, 11) is 1.41. The van der Waals surface area contributed by atoms with Gasteiger partial charge in [0.1, 0.15) is 5.75 Å². The molecule has 5 rings (SSSR count). The van der Waals surface area contributed by atoms with E-state index in [4.69, 9.17) is 27.9 Å². The van der Waals surface area contributed by atoms with Crippen LogP contribution in [0.1, 0.15) is 25.3 Å². The molecule has 7 nitrogen and oxygen atoms in total. The number of methoxy groups -OCH3 is 1. The minimum atomic E-state index is -1.93. The van der Waals surface area contributed by atoms with Gasteiger partial charge in [0.15, 0.2) is 17.1 Å². The molecule has 1 unspecified atom stereocenters. The second-order valence-corrected chi connectivity index (χ2v) is 9.30. The monoisotopic (exact) mass is 472 g/mol. The molecule has 2 amide bonds. The molecule has 2 N–H and O–H groups in total. The molecule has 0 bridgehead atoms. The van der Waals surface area contributed by atoms with E-state index in [0.29, 0.717) is 29.1 Å². The Balaban J connectivity index is 1.86. The number of Topliss-reactive ketones (excluding diaryl/α,β-unsaturated/α-hetero) is 1. The molecule has 0 aromatic heterocycles. The Labute approximate surface area is 193 Å². The standard InChI is InChI=1S/C23H18Cl2N2O5/c1-22(7-8-22)19(29)17-18(28)20(30)27(15-10-12(25)4-6-16(15)32-2)23(17)13-5-3-11(24)9-14(13)26-21(23)31/h3-6,9-10,28H,7-8H2,1-2H3,(H,26,31). The molecule has 2 aliphatic heterocycles. The molecule has 0 radical (unpaired) electrons. The van der Waals surface area contributed by atoms with Crippen LogP contribution in [0.2, 0.25) is 10.0 Å². The maximum Gasteiger partial charge on any atom is 0.295 e. The number of rotatable bonds is 4. The Hall–Kier alpha value is -3.03. The zero-order valence-corrected chi connectivity index (χ0v) is 18.7. The number of nitrogens with zero attached hydrogens (tertiary/aromatic N) is 1. The molecular formula is C23H18Cl2N2O5. The van der Waals surface area contributed by atoms with Crippen molar-refractivity contribution in [2.24, 2.45) is 5.41 Å². The van der Waals surface area contributed by atoms with E-state index < -0.39 is 34.3 Å².